The Morgan fingerprint density at radius 2 is 2.23 bits per heavy atom. The maximum Gasteiger partial charge on any atom is 0.232 e. The molecule has 0 unspecified atom stereocenters. The predicted molar refractivity (Wildman–Crippen MR) is 131 cm³/mol. The number of para-hydroxylation sites is 1. The minimum atomic E-state index is -0.712. The number of benzene rings is 1. The molecule has 0 saturated carbocycles. The summed E-state index contributed by atoms with van der Waals surface area (Å²) in [6.07, 6.45) is 3.02. The largest absolute Gasteiger partial charge is 0.504 e. The van der Waals surface area contributed by atoms with Gasteiger partial charge < -0.3 is 20.1 Å². The van der Waals surface area contributed by atoms with Crippen molar-refractivity contribution in [3.05, 3.63) is 59.5 Å². The molecule has 1 aromatic carbocycles. The maximum atomic E-state index is 14.0. The van der Waals surface area contributed by atoms with Gasteiger partial charge >= 0.3 is 0 Å². The second kappa shape index (κ2) is 8.55. The van der Waals surface area contributed by atoms with Crippen molar-refractivity contribution in [3.63, 3.8) is 0 Å². The highest BCUT2D eigenvalue weighted by Gasteiger charge is 2.49. The van der Waals surface area contributed by atoms with Crippen LogP contribution < -0.4 is 15.0 Å². The monoisotopic (exact) mass is 472 g/mol. The SMILES string of the molecule is C=Cc1cc(C#N)c(O[C@H]2CN3c4cc(-c5cccc(F)c5O)nnc4NC[C@@]3(CC)C2)nc1C. The number of hydrogen-bond acceptors (Lipinski definition) is 8. The van der Waals surface area contributed by atoms with E-state index in [2.05, 4.69) is 45.0 Å². The van der Waals surface area contributed by atoms with Crippen molar-refractivity contribution in [1.82, 2.24) is 15.2 Å². The lowest BCUT2D eigenvalue weighted by atomic mass is 9.90. The number of hydrogen-bond donors (Lipinski definition) is 2. The first-order chi connectivity index (χ1) is 16.9. The molecule has 178 valence electrons. The van der Waals surface area contributed by atoms with Crippen molar-refractivity contribution >= 4 is 17.6 Å². The number of pyridine rings is 1. The number of phenolic OH excluding ortho intramolecular Hbond substituents is 1. The maximum absolute atomic E-state index is 14.0. The van der Waals surface area contributed by atoms with Crippen molar-refractivity contribution in [2.75, 3.05) is 23.3 Å². The fraction of sp³-hybridized carbons (Fsp3) is 0.308. The Labute approximate surface area is 202 Å². The Hall–Kier alpha value is -4.19. The summed E-state index contributed by atoms with van der Waals surface area (Å²) in [4.78, 5) is 6.77. The van der Waals surface area contributed by atoms with Gasteiger partial charge in [0.2, 0.25) is 5.88 Å². The second-order valence-electron chi connectivity index (χ2n) is 8.92. The van der Waals surface area contributed by atoms with Crippen LogP contribution in [0.25, 0.3) is 17.3 Å². The van der Waals surface area contributed by atoms with Crippen LogP contribution in [0.4, 0.5) is 15.9 Å². The van der Waals surface area contributed by atoms with Crippen LogP contribution in [0.15, 0.2) is 36.9 Å². The van der Waals surface area contributed by atoms with Crippen LogP contribution in [0.3, 0.4) is 0 Å². The third-order valence-electron chi connectivity index (χ3n) is 6.97. The van der Waals surface area contributed by atoms with Gasteiger partial charge in [-0.25, -0.2) is 9.37 Å². The number of anilines is 2. The van der Waals surface area contributed by atoms with Crippen molar-refractivity contribution in [3.8, 4) is 29.0 Å². The fourth-order valence-electron chi connectivity index (χ4n) is 5.01. The Morgan fingerprint density at radius 3 is 2.97 bits per heavy atom. The van der Waals surface area contributed by atoms with E-state index in [1.54, 1.807) is 18.2 Å². The van der Waals surface area contributed by atoms with Crippen LogP contribution in [0.1, 0.15) is 36.6 Å². The molecule has 0 amide bonds. The molecule has 2 aliphatic rings. The van der Waals surface area contributed by atoms with Gasteiger partial charge in [-0.3, -0.25) is 0 Å². The Morgan fingerprint density at radius 1 is 1.40 bits per heavy atom. The third-order valence-corrected chi connectivity index (χ3v) is 6.97. The van der Waals surface area contributed by atoms with Gasteiger partial charge in [0.05, 0.1) is 23.5 Å². The number of nitrogens with one attached hydrogen (secondary N) is 1. The van der Waals surface area contributed by atoms with Crippen LogP contribution in [-0.2, 0) is 0 Å². The zero-order valence-corrected chi connectivity index (χ0v) is 19.5. The third kappa shape index (κ3) is 3.71. The van der Waals surface area contributed by atoms with E-state index in [4.69, 9.17) is 4.74 Å². The van der Waals surface area contributed by atoms with Crippen molar-refractivity contribution in [1.29, 1.82) is 5.26 Å². The molecule has 0 bridgehead atoms. The van der Waals surface area contributed by atoms with E-state index in [0.717, 1.165) is 23.4 Å². The van der Waals surface area contributed by atoms with Gasteiger partial charge in [0.1, 0.15) is 17.7 Å². The number of halogens is 1. The fourth-order valence-corrected chi connectivity index (χ4v) is 5.01. The first kappa shape index (κ1) is 22.6. The van der Waals surface area contributed by atoms with Crippen molar-refractivity contribution in [2.24, 2.45) is 0 Å². The number of rotatable bonds is 5. The highest BCUT2D eigenvalue weighted by atomic mass is 19.1. The molecule has 4 heterocycles. The normalized spacial score (nSPS) is 20.4. The second-order valence-corrected chi connectivity index (χ2v) is 8.92. The van der Waals surface area contributed by atoms with Crippen molar-refractivity contribution < 1.29 is 14.2 Å². The molecule has 2 aromatic heterocycles. The molecule has 0 aliphatic carbocycles. The van der Waals surface area contributed by atoms with Crippen LogP contribution in [-0.4, -0.2) is 45.0 Å². The van der Waals surface area contributed by atoms with Gasteiger partial charge in [-0.1, -0.05) is 25.6 Å². The topological polar surface area (TPSA) is 107 Å². The van der Waals surface area contributed by atoms with Gasteiger partial charge in [-0.2, -0.15) is 5.26 Å². The molecule has 8 nitrogen and oxygen atoms in total. The molecular weight excluding hydrogens is 447 g/mol. The van der Waals surface area contributed by atoms with Crippen LogP contribution >= 0.6 is 0 Å². The summed E-state index contributed by atoms with van der Waals surface area (Å²) in [5.74, 6) is -0.228. The zero-order chi connectivity index (χ0) is 24.7. The number of aromatic nitrogens is 3. The van der Waals surface area contributed by atoms with E-state index < -0.39 is 11.6 Å². The highest BCUT2D eigenvalue weighted by Crippen LogP contribution is 2.45. The lowest BCUT2D eigenvalue weighted by molar-refractivity contribution is 0.201. The predicted octanol–water partition coefficient (Wildman–Crippen LogP) is 4.44. The molecule has 3 aromatic rings. The highest BCUT2D eigenvalue weighted by molar-refractivity contribution is 5.77. The summed E-state index contributed by atoms with van der Waals surface area (Å²) in [5.41, 5.74) is 3.14. The standard InChI is InChI=1S/C26H25FN6O2/c1-4-16-9-17(12-28)25(30-15(16)3)35-18-11-26(5-2)14-29-24-22(33(26)13-18)10-21(31-32-24)19-7-6-8-20(27)23(19)34/h4,6-10,18,34H,1,5,11,13-14H2,2-3H3,(H,29,32)/t18-,26-/m1/s1. The molecule has 1 saturated heterocycles. The smallest absolute Gasteiger partial charge is 0.232 e. The van der Waals surface area contributed by atoms with Gasteiger partial charge in [-0.15, -0.1) is 10.2 Å². The molecule has 2 N–H and O–H groups in total. The number of aryl methyl sites for hydroxylation is 1. The van der Waals surface area contributed by atoms with E-state index in [1.165, 1.54) is 12.1 Å². The van der Waals surface area contributed by atoms with Crippen molar-refractivity contribution in [2.45, 2.75) is 38.3 Å². The molecule has 35 heavy (non-hydrogen) atoms. The summed E-state index contributed by atoms with van der Waals surface area (Å²) in [7, 11) is 0. The molecule has 1 fully saturated rings. The van der Waals surface area contributed by atoms with E-state index >= 15 is 0 Å². The van der Waals surface area contributed by atoms with Gasteiger partial charge in [0.15, 0.2) is 17.4 Å². The summed E-state index contributed by atoms with van der Waals surface area (Å²) in [6, 6.07) is 10.1. The Balaban J connectivity index is 1.49. The summed E-state index contributed by atoms with van der Waals surface area (Å²) >= 11 is 0. The van der Waals surface area contributed by atoms with Gasteiger partial charge in [-0.05, 0) is 43.2 Å². The molecule has 5 rings (SSSR count). The van der Waals surface area contributed by atoms with E-state index in [0.29, 0.717) is 42.5 Å². The quantitative estimate of drug-likeness (QED) is 0.561. The van der Waals surface area contributed by atoms with E-state index in [1.807, 2.05) is 13.0 Å². The molecule has 0 spiro atoms. The first-order valence-corrected chi connectivity index (χ1v) is 11.5. The zero-order valence-electron chi connectivity index (χ0n) is 19.5. The van der Waals surface area contributed by atoms with E-state index in [9.17, 15) is 14.8 Å². The molecular formula is C26H25FN6O2. The Bertz CT molecular complexity index is 1370. The van der Waals surface area contributed by atoms with Crippen LogP contribution in [0.5, 0.6) is 11.6 Å². The summed E-state index contributed by atoms with van der Waals surface area (Å²) in [6.45, 7) is 8.97. The average Bonchev–Trinajstić information content (AvgIpc) is 3.25. The van der Waals surface area contributed by atoms with Crippen LogP contribution in [0.2, 0.25) is 0 Å². The Kier molecular flexibility index (Phi) is 5.52. The molecule has 0 radical (unpaired) electrons. The number of aromatic hydroxyl groups is 1. The number of ether oxygens (including phenoxy) is 1. The lowest BCUT2D eigenvalue weighted by Crippen LogP contribution is -2.52. The molecule has 9 heteroatoms. The molecule has 2 aliphatic heterocycles. The van der Waals surface area contributed by atoms with Gasteiger partial charge in [0.25, 0.3) is 0 Å². The average molecular weight is 473 g/mol. The number of fused-ring (bicyclic) bond motifs is 3. The summed E-state index contributed by atoms with van der Waals surface area (Å²) in [5, 5.41) is 31.8. The number of nitriles is 1. The van der Waals surface area contributed by atoms with Gasteiger partial charge in [0, 0.05) is 24.2 Å². The van der Waals surface area contributed by atoms with Crippen LogP contribution in [0, 0.1) is 24.1 Å². The first-order valence-electron chi connectivity index (χ1n) is 11.5. The number of phenols is 1. The number of nitrogens with zero attached hydrogens (tertiary/aromatic N) is 5. The lowest BCUT2D eigenvalue weighted by Gasteiger charge is -2.43. The van der Waals surface area contributed by atoms with E-state index in [-0.39, 0.29) is 17.2 Å². The minimum Gasteiger partial charge on any atom is -0.504 e. The molecule has 2 atom stereocenters. The minimum absolute atomic E-state index is 0.213. The summed E-state index contributed by atoms with van der Waals surface area (Å²) < 4.78 is 20.3.